The molecule has 1 heterocycles. The molecule has 19 heavy (non-hydrogen) atoms. The number of H-pyrrole nitrogens is 1. The smallest absolute Gasteiger partial charge is 0.166 e. The van der Waals surface area contributed by atoms with Crippen LogP contribution in [0, 0.1) is 0 Å². The fourth-order valence-corrected chi connectivity index (χ4v) is 3.13. The maximum absolute atomic E-state index is 6.13. The third-order valence-corrected chi connectivity index (χ3v) is 4.27. The normalized spacial score (nSPS) is 11.1. The van der Waals surface area contributed by atoms with E-state index in [1.807, 2.05) is 42.5 Å². The van der Waals surface area contributed by atoms with Gasteiger partial charge < -0.3 is 4.98 Å². The molecule has 0 radical (unpaired) electrons. The number of fused-ring (bicyclic) bond motifs is 1. The highest BCUT2D eigenvalue weighted by atomic mass is 35.5. The van der Waals surface area contributed by atoms with Crippen molar-refractivity contribution in [2.45, 2.75) is 10.9 Å². The van der Waals surface area contributed by atoms with E-state index in [-0.39, 0.29) is 0 Å². The summed E-state index contributed by atoms with van der Waals surface area (Å²) in [5, 5.41) is 2.37. The second-order valence-electron chi connectivity index (χ2n) is 4.08. The van der Waals surface area contributed by atoms with Gasteiger partial charge in [0.1, 0.15) is 0 Å². The maximum Gasteiger partial charge on any atom is 0.166 e. The van der Waals surface area contributed by atoms with Crippen LogP contribution in [-0.4, -0.2) is 9.97 Å². The fourth-order valence-electron chi connectivity index (χ4n) is 1.79. The molecule has 2 aromatic carbocycles. The summed E-state index contributed by atoms with van der Waals surface area (Å²) in [5.74, 6) is 0.785. The number of rotatable bonds is 3. The first-order chi connectivity index (χ1) is 9.22. The van der Waals surface area contributed by atoms with E-state index in [4.69, 9.17) is 23.2 Å². The van der Waals surface area contributed by atoms with Crippen molar-refractivity contribution in [1.29, 1.82) is 0 Å². The molecule has 1 aromatic heterocycles. The number of aromatic amines is 1. The Hall–Kier alpha value is -1.16. The SMILES string of the molecule is Clc1ccc2nc(SCc3ccccc3Cl)[nH]c2c1. The Bertz CT molecular complexity index is 724. The number of imidazole rings is 1. The van der Waals surface area contributed by atoms with Gasteiger partial charge in [0.25, 0.3) is 0 Å². The van der Waals surface area contributed by atoms with Gasteiger partial charge >= 0.3 is 0 Å². The zero-order valence-electron chi connectivity index (χ0n) is 9.86. The van der Waals surface area contributed by atoms with Crippen molar-refractivity contribution in [3.8, 4) is 0 Å². The van der Waals surface area contributed by atoms with Crippen molar-refractivity contribution in [3.63, 3.8) is 0 Å². The summed E-state index contributed by atoms with van der Waals surface area (Å²) in [6.07, 6.45) is 0. The van der Waals surface area contributed by atoms with Crippen molar-refractivity contribution < 1.29 is 0 Å². The molecule has 0 bridgehead atoms. The number of thioether (sulfide) groups is 1. The number of hydrogen-bond donors (Lipinski definition) is 1. The van der Waals surface area contributed by atoms with Crippen molar-refractivity contribution in [3.05, 3.63) is 58.1 Å². The lowest BCUT2D eigenvalue weighted by Gasteiger charge is -2.01. The molecule has 0 spiro atoms. The molecule has 0 aliphatic heterocycles. The molecule has 0 unspecified atom stereocenters. The molecule has 0 aliphatic carbocycles. The highest BCUT2D eigenvalue weighted by molar-refractivity contribution is 7.98. The van der Waals surface area contributed by atoms with Crippen LogP contribution in [0.2, 0.25) is 10.0 Å². The van der Waals surface area contributed by atoms with Crippen molar-refractivity contribution in [1.82, 2.24) is 9.97 Å². The van der Waals surface area contributed by atoms with Gasteiger partial charge in [-0.15, -0.1) is 0 Å². The molecule has 0 aliphatic rings. The Morgan fingerprint density at radius 1 is 1.11 bits per heavy atom. The number of nitrogens with one attached hydrogen (secondary N) is 1. The molecule has 0 saturated carbocycles. The van der Waals surface area contributed by atoms with E-state index in [0.29, 0.717) is 5.02 Å². The lowest BCUT2D eigenvalue weighted by Crippen LogP contribution is -1.82. The van der Waals surface area contributed by atoms with Crippen LogP contribution >= 0.6 is 35.0 Å². The number of nitrogens with zero attached hydrogens (tertiary/aromatic N) is 1. The van der Waals surface area contributed by atoms with Gasteiger partial charge in [-0.2, -0.15) is 0 Å². The number of benzene rings is 2. The molecule has 5 heteroatoms. The van der Waals surface area contributed by atoms with Crippen LogP contribution in [-0.2, 0) is 5.75 Å². The zero-order valence-corrected chi connectivity index (χ0v) is 12.2. The van der Waals surface area contributed by atoms with E-state index in [0.717, 1.165) is 32.5 Å². The Morgan fingerprint density at radius 3 is 2.79 bits per heavy atom. The summed E-state index contributed by atoms with van der Waals surface area (Å²) in [7, 11) is 0. The minimum Gasteiger partial charge on any atom is -0.333 e. The first-order valence-electron chi connectivity index (χ1n) is 5.74. The molecule has 0 atom stereocenters. The molecule has 0 fully saturated rings. The summed E-state index contributed by atoms with van der Waals surface area (Å²) >= 11 is 13.7. The van der Waals surface area contributed by atoms with Crippen LogP contribution in [0.1, 0.15) is 5.56 Å². The maximum atomic E-state index is 6.13. The van der Waals surface area contributed by atoms with Crippen molar-refractivity contribution in [2.24, 2.45) is 0 Å². The van der Waals surface area contributed by atoms with Gasteiger partial charge in [-0.3, -0.25) is 0 Å². The average molecular weight is 309 g/mol. The summed E-state index contributed by atoms with van der Waals surface area (Å²) < 4.78 is 0. The highest BCUT2D eigenvalue weighted by Gasteiger charge is 2.05. The summed E-state index contributed by atoms with van der Waals surface area (Å²) in [4.78, 5) is 7.75. The van der Waals surface area contributed by atoms with Crippen molar-refractivity contribution >= 4 is 46.0 Å². The molecule has 3 aromatic rings. The second kappa shape index (κ2) is 5.45. The van der Waals surface area contributed by atoms with Gasteiger partial charge in [0.15, 0.2) is 5.16 Å². The molecule has 0 amide bonds. The molecule has 1 N–H and O–H groups in total. The fraction of sp³-hybridized carbons (Fsp3) is 0.0714. The first kappa shape index (κ1) is 12.9. The standard InChI is InChI=1S/C14H10Cl2N2S/c15-10-5-6-12-13(7-10)18-14(17-12)19-8-9-3-1-2-4-11(9)16/h1-7H,8H2,(H,17,18). The molecule has 2 nitrogen and oxygen atoms in total. The van der Waals surface area contributed by atoms with Gasteiger partial charge in [-0.05, 0) is 29.8 Å². The van der Waals surface area contributed by atoms with Gasteiger partial charge in [-0.25, -0.2) is 4.98 Å². The van der Waals surface area contributed by atoms with Crippen LogP contribution in [0.5, 0.6) is 0 Å². The number of hydrogen-bond acceptors (Lipinski definition) is 2. The molecule has 3 rings (SSSR count). The van der Waals surface area contributed by atoms with Crippen molar-refractivity contribution in [2.75, 3.05) is 0 Å². The predicted octanol–water partition coefficient (Wildman–Crippen LogP) is 5.16. The predicted molar refractivity (Wildman–Crippen MR) is 82.1 cm³/mol. The van der Waals surface area contributed by atoms with Crippen LogP contribution < -0.4 is 0 Å². The number of aromatic nitrogens is 2. The van der Waals surface area contributed by atoms with E-state index in [1.54, 1.807) is 11.8 Å². The van der Waals surface area contributed by atoms with Crippen LogP contribution in [0.25, 0.3) is 11.0 Å². The van der Waals surface area contributed by atoms with E-state index in [9.17, 15) is 0 Å². The van der Waals surface area contributed by atoms with Gasteiger partial charge in [-0.1, -0.05) is 53.2 Å². The van der Waals surface area contributed by atoms with E-state index >= 15 is 0 Å². The Labute approximate surface area is 125 Å². The summed E-state index contributed by atoms with van der Waals surface area (Å²) in [5.41, 5.74) is 2.98. The monoisotopic (exact) mass is 308 g/mol. The van der Waals surface area contributed by atoms with Gasteiger partial charge in [0, 0.05) is 15.8 Å². The minimum absolute atomic E-state index is 0.707. The van der Waals surface area contributed by atoms with Gasteiger partial charge in [0.2, 0.25) is 0 Å². The number of halogens is 2. The first-order valence-corrected chi connectivity index (χ1v) is 7.48. The Balaban J connectivity index is 1.80. The summed E-state index contributed by atoms with van der Waals surface area (Å²) in [6.45, 7) is 0. The Kier molecular flexibility index (Phi) is 3.69. The molecular weight excluding hydrogens is 299 g/mol. The second-order valence-corrected chi connectivity index (χ2v) is 5.89. The largest absolute Gasteiger partial charge is 0.333 e. The average Bonchev–Trinajstić information content (AvgIpc) is 2.79. The third-order valence-electron chi connectivity index (χ3n) is 2.74. The zero-order chi connectivity index (χ0) is 13.2. The van der Waals surface area contributed by atoms with Gasteiger partial charge in [0.05, 0.1) is 11.0 Å². The highest BCUT2D eigenvalue weighted by Crippen LogP contribution is 2.27. The molecule has 0 saturated heterocycles. The van der Waals surface area contributed by atoms with Crippen LogP contribution in [0.3, 0.4) is 0 Å². The molecular formula is C14H10Cl2N2S. The van der Waals surface area contributed by atoms with E-state index in [2.05, 4.69) is 9.97 Å². The lowest BCUT2D eigenvalue weighted by atomic mass is 10.2. The topological polar surface area (TPSA) is 28.7 Å². The van der Waals surface area contributed by atoms with E-state index in [1.165, 1.54) is 0 Å². The quantitative estimate of drug-likeness (QED) is 0.677. The lowest BCUT2D eigenvalue weighted by molar-refractivity contribution is 1.08. The van der Waals surface area contributed by atoms with Crippen LogP contribution in [0.15, 0.2) is 47.6 Å². The Morgan fingerprint density at radius 2 is 1.95 bits per heavy atom. The summed E-state index contributed by atoms with van der Waals surface area (Å²) in [6, 6.07) is 13.5. The van der Waals surface area contributed by atoms with Crippen LogP contribution in [0.4, 0.5) is 0 Å². The third kappa shape index (κ3) is 2.89. The van der Waals surface area contributed by atoms with E-state index < -0.39 is 0 Å². The molecule has 96 valence electrons. The minimum atomic E-state index is 0.707.